The largest absolute Gasteiger partial charge is 0.443 e. The Hall–Kier alpha value is -1.39. The molecule has 1 N–H and O–H groups in total. The maximum Gasteiger partial charge on any atom is 0.181 e. The van der Waals surface area contributed by atoms with Gasteiger partial charge in [-0.3, -0.25) is 0 Å². The summed E-state index contributed by atoms with van der Waals surface area (Å²) in [6.45, 7) is 6.65. The topological polar surface area (TPSA) is 38.1 Å². The number of hydrogen-bond acceptors (Lipinski definition) is 3. The highest BCUT2D eigenvalue weighted by Crippen LogP contribution is 2.28. The molecular formula is C14H16ClFN2O. The lowest BCUT2D eigenvalue weighted by Gasteiger charge is -2.19. The molecule has 2 aromatic rings. The number of rotatable bonds is 3. The first-order chi connectivity index (χ1) is 8.87. The van der Waals surface area contributed by atoms with Crippen molar-refractivity contribution in [1.82, 2.24) is 10.3 Å². The molecule has 102 valence electrons. The highest BCUT2D eigenvalue weighted by molar-refractivity contribution is 6.30. The van der Waals surface area contributed by atoms with Crippen molar-refractivity contribution < 1.29 is 8.81 Å². The zero-order valence-electron chi connectivity index (χ0n) is 11.1. The SMILES string of the molecule is CC(C)(C)NCc1ncoc1-c1cc(Cl)ccc1F. The quantitative estimate of drug-likeness (QED) is 0.924. The third-order valence-electron chi connectivity index (χ3n) is 2.60. The van der Waals surface area contributed by atoms with E-state index in [9.17, 15) is 4.39 Å². The Morgan fingerprint density at radius 2 is 2.11 bits per heavy atom. The second-order valence-corrected chi connectivity index (χ2v) is 5.79. The first kappa shape index (κ1) is 14.0. The van der Waals surface area contributed by atoms with E-state index in [1.54, 1.807) is 0 Å². The van der Waals surface area contributed by atoms with Gasteiger partial charge in [-0.2, -0.15) is 0 Å². The molecule has 0 bridgehead atoms. The van der Waals surface area contributed by atoms with Crippen molar-refractivity contribution >= 4 is 11.6 Å². The van der Waals surface area contributed by atoms with Gasteiger partial charge in [0.1, 0.15) is 11.5 Å². The van der Waals surface area contributed by atoms with Crippen molar-refractivity contribution in [3.8, 4) is 11.3 Å². The fourth-order valence-electron chi connectivity index (χ4n) is 1.63. The number of nitrogens with one attached hydrogen (secondary N) is 1. The molecule has 0 saturated carbocycles. The first-order valence-electron chi connectivity index (χ1n) is 5.99. The van der Waals surface area contributed by atoms with Crippen LogP contribution in [-0.4, -0.2) is 10.5 Å². The summed E-state index contributed by atoms with van der Waals surface area (Å²) in [7, 11) is 0. The highest BCUT2D eigenvalue weighted by Gasteiger charge is 2.17. The van der Waals surface area contributed by atoms with Crippen molar-refractivity contribution in [2.75, 3.05) is 0 Å². The fourth-order valence-corrected chi connectivity index (χ4v) is 1.81. The van der Waals surface area contributed by atoms with Gasteiger partial charge >= 0.3 is 0 Å². The zero-order valence-corrected chi connectivity index (χ0v) is 11.9. The average Bonchev–Trinajstić information content (AvgIpc) is 2.77. The highest BCUT2D eigenvalue weighted by atomic mass is 35.5. The summed E-state index contributed by atoms with van der Waals surface area (Å²) in [5.41, 5.74) is 0.940. The van der Waals surface area contributed by atoms with Crippen LogP contribution < -0.4 is 5.32 Å². The van der Waals surface area contributed by atoms with Crippen molar-refractivity contribution in [2.24, 2.45) is 0 Å². The Balaban J connectivity index is 2.31. The van der Waals surface area contributed by atoms with Crippen LogP contribution in [0.5, 0.6) is 0 Å². The molecule has 5 heteroatoms. The summed E-state index contributed by atoms with van der Waals surface area (Å²) in [6.07, 6.45) is 1.31. The molecule has 2 rings (SSSR count). The molecule has 19 heavy (non-hydrogen) atoms. The molecule has 0 aliphatic heterocycles. The van der Waals surface area contributed by atoms with Gasteiger partial charge in [0.2, 0.25) is 0 Å². The fraction of sp³-hybridized carbons (Fsp3) is 0.357. The van der Waals surface area contributed by atoms with Gasteiger partial charge in [0.15, 0.2) is 12.2 Å². The molecule has 0 aliphatic carbocycles. The third-order valence-corrected chi connectivity index (χ3v) is 2.84. The van der Waals surface area contributed by atoms with E-state index in [4.69, 9.17) is 16.0 Å². The Kier molecular flexibility index (Phi) is 3.92. The van der Waals surface area contributed by atoms with Crippen LogP contribution in [0.25, 0.3) is 11.3 Å². The second kappa shape index (κ2) is 5.31. The van der Waals surface area contributed by atoms with E-state index in [1.165, 1.54) is 24.6 Å². The standard InChI is InChI=1S/C14H16ClFN2O/c1-14(2,3)18-7-12-13(19-8-17-12)10-6-9(15)4-5-11(10)16/h4-6,8,18H,7H2,1-3H3. The number of benzene rings is 1. The molecule has 0 aliphatic rings. The third kappa shape index (κ3) is 3.55. The minimum Gasteiger partial charge on any atom is -0.443 e. The summed E-state index contributed by atoms with van der Waals surface area (Å²) in [4.78, 5) is 4.13. The normalized spacial score (nSPS) is 11.8. The van der Waals surface area contributed by atoms with E-state index >= 15 is 0 Å². The Morgan fingerprint density at radius 3 is 2.79 bits per heavy atom. The summed E-state index contributed by atoms with van der Waals surface area (Å²) in [6, 6.07) is 4.36. The van der Waals surface area contributed by atoms with Crippen LogP contribution in [0, 0.1) is 5.82 Å². The molecular weight excluding hydrogens is 267 g/mol. The first-order valence-corrected chi connectivity index (χ1v) is 6.37. The Morgan fingerprint density at radius 1 is 1.37 bits per heavy atom. The van der Waals surface area contributed by atoms with Gasteiger partial charge in [-0.15, -0.1) is 0 Å². The van der Waals surface area contributed by atoms with Crippen LogP contribution in [-0.2, 0) is 6.54 Å². The molecule has 0 saturated heterocycles. The Labute approximate surface area is 116 Å². The number of hydrogen-bond donors (Lipinski definition) is 1. The maximum absolute atomic E-state index is 13.8. The molecule has 3 nitrogen and oxygen atoms in total. The molecule has 0 amide bonds. The summed E-state index contributed by atoms with van der Waals surface area (Å²) < 4.78 is 19.1. The van der Waals surface area contributed by atoms with Gasteiger partial charge in [-0.05, 0) is 39.0 Å². The Bertz CT molecular complexity index is 575. The number of oxazole rings is 1. The predicted octanol–water partition coefficient (Wildman–Crippen LogP) is 4.02. The smallest absolute Gasteiger partial charge is 0.181 e. The summed E-state index contributed by atoms with van der Waals surface area (Å²) in [5, 5.41) is 3.75. The molecule has 0 spiro atoms. The van der Waals surface area contributed by atoms with Crippen LogP contribution >= 0.6 is 11.6 Å². The van der Waals surface area contributed by atoms with E-state index in [0.29, 0.717) is 28.6 Å². The van der Waals surface area contributed by atoms with E-state index < -0.39 is 0 Å². The number of halogens is 2. The van der Waals surface area contributed by atoms with Crippen LogP contribution in [0.1, 0.15) is 26.5 Å². The van der Waals surface area contributed by atoms with Crippen LogP contribution in [0.4, 0.5) is 4.39 Å². The van der Waals surface area contributed by atoms with Gasteiger partial charge in [0.25, 0.3) is 0 Å². The van der Waals surface area contributed by atoms with Gasteiger partial charge < -0.3 is 9.73 Å². The second-order valence-electron chi connectivity index (χ2n) is 5.36. The molecule has 1 heterocycles. The molecule has 1 aromatic carbocycles. The summed E-state index contributed by atoms with van der Waals surface area (Å²) in [5.74, 6) is 0.0370. The summed E-state index contributed by atoms with van der Waals surface area (Å²) >= 11 is 5.89. The van der Waals surface area contributed by atoms with Gasteiger partial charge in [-0.1, -0.05) is 11.6 Å². The molecule has 0 fully saturated rings. The predicted molar refractivity (Wildman–Crippen MR) is 73.5 cm³/mol. The maximum atomic E-state index is 13.8. The minimum atomic E-state index is -0.377. The number of nitrogens with zero attached hydrogens (tertiary/aromatic N) is 1. The van der Waals surface area contributed by atoms with E-state index in [2.05, 4.69) is 10.3 Å². The lowest BCUT2D eigenvalue weighted by Crippen LogP contribution is -2.35. The van der Waals surface area contributed by atoms with Gasteiger partial charge in [0.05, 0.1) is 5.56 Å². The zero-order chi connectivity index (χ0) is 14.0. The van der Waals surface area contributed by atoms with Crippen LogP contribution in [0.2, 0.25) is 5.02 Å². The van der Waals surface area contributed by atoms with Crippen molar-refractivity contribution in [3.63, 3.8) is 0 Å². The minimum absolute atomic E-state index is 0.0525. The van der Waals surface area contributed by atoms with Crippen molar-refractivity contribution in [2.45, 2.75) is 32.9 Å². The van der Waals surface area contributed by atoms with E-state index in [1.807, 2.05) is 20.8 Å². The van der Waals surface area contributed by atoms with Gasteiger partial charge in [-0.25, -0.2) is 9.37 Å². The van der Waals surface area contributed by atoms with Crippen molar-refractivity contribution in [1.29, 1.82) is 0 Å². The van der Waals surface area contributed by atoms with E-state index in [0.717, 1.165) is 0 Å². The van der Waals surface area contributed by atoms with Gasteiger partial charge in [0, 0.05) is 17.1 Å². The molecule has 0 atom stereocenters. The lowest BCUT2D eigenvalue weighted by molar-refractivity contribution is 0.421. The number of aromatic nitrogens is 1. The lowest BCUT2D eigenvalue weighted by atomic mass is 10.1. The van der Waals surface area contributed by atoms with E-state index in [-0.39, 0.29) is 11.4 Å². The van der Waals surface area contributed by atoms with Crippen LogP contribution in [0.15, 0.2) is 29.0 Å². The molecule has 0 radical (unpaired) electrons. The van der Waals surface area contributed by atoms with Crippen molar-refractivity contribution in [3.05, 3.63) is 41.1 Å². The molecule has 0 unspecified atom stereocenters. The average molecular weight is 283 g/mol. The monoisotopic (exact) mass is 282 g/mol. The molecule has 1 aromatic heterocycles. The van der Waals surface area contributed by atoms with Crippen LogP contribution in [0.3, 0.4) is 0 Å².